The summed E-state index contributed by atoms with van der Waals surface area (Å²) in [5.41, 5.74) is 4.51. The number of rotatable bonds is 7. The minimum absolute atomic E-state index is 0.0286. The van der Waals surface area contributed by atoms with Crippen LogP contribution in [-0.2, 0) is 22.6 Å². The van der Waals surface area contributed by atoms with Crippen molar-refractivity contribution in [2.45, 2.75) is 32.4 Å². The number of hydrogen-bond donors (Lipinski definition) is 1. The average molecular weight is 455 g/mol. The lowest BCUT2D eigenvalue weighted by atomic mass is 10.1. The Morgan fingerprint density at radius 3 is 2.41 bits per heavy atom. The van der Waals surface area contributed by atoms with E-state index in [0.29, 0.717) is 12.5 Å². The van der Waals surface area contributed by atoms with Crippen LogP contribution in [0.3, 0.4) is 0 Å². The Labute approximate surface area is 198 Å². The summed E-state index contributed by atoms with van der Waals surface area (Å²) in [7, 11) is 1.62. The maximum absolute atomic E-state index is 13.5. The average Bonchev–Trinajstić information content (AvgIpc) is 3.35. The number of para-hydroxylation sites is 2. The van der Waals surface area contributed by atoms with Crippen molar-refractivity contribution in [2.75, 3.05) is 17.3 Å². The summed E-state index contributed by atoms with van der Waals surface area (Å²) in [6.45, 7) is 2.45. The van der Waals surface area contributed by atoms with Gasteiger partial charge in [0.05, 0.1) is 31.1 Å². The summed E-state index contributed by atoms with van der Waals surface area (Å²) in [6.07, 6.45) is 0.964. The van der Waals surface area contributed by atoms with Crippen molar-refractivity contribution in [3.63, 3.8) is 0 Å². The molecule has 2 heterocycles. The molecule has 0 fully saturated rings. The molecule has 7 heteroatoms. The topological polar surface area (TPSA) is 76.5 Å². The van der Waals surface area contributed by atoms with Gasteiger partial charge >= 0.3 is 0 Å². The first kappa shape index (κ1) is 21.7. The Kier molecular flexibility index (Phi) is 5.76. The largest absolute Gasteiger partial charge is 0.497 e. The minimum Gasteiger partial charge on any atom is -0.497 e. The third kappa shape index (κ3) is 4.01. The molecule has 0 bridgehead atoms. The smallest absolute Gasteiger partial charge is 0.253 e. The zero-order valence-electron chi connectivity index (χ0n) is 19.2. The molecule has 1 aromatic heterocycles. The summed E-state index contributed by atoms with van der Waals surface area (Å²) >= 11 is 0. The number of methoxy groups -OCH3 is 1. The van der Waals surface area contributed by atoms with Crippen molar-refractivity contribution < 1.29 is 14.3 Å². The maximum atomic E-state index is 13.5. The van der Waals surface area contributed by atoms with Crippen LogP contribution in [0.2, 0.25) is 0 Å². The van der Waals surface area contributed by atoms with E-state index in [0.717, 1.165) is 34.5 Å². The molecule has 0 radical (unpaired) electrons. The third-order valence-electron chi connectivity index (χ3n) is 6.21. The number of ether oxygens (including phenoxy) is 1. The number of nitrogens with one attached hydrogen (secondary N) is 1. The number of fused-ring (bicyclic) bond motifs is 3. The Balaban J connectivity index is 1.42. The van der Waals surface area contributed by atoms with Gasteiger partial charge in [-0.25, -0.2) is 4.98 Å². The van der Waals surface area contributed by atoms with E-state index in [2.05, 4.69) is 12.2 Å². The van der Waals surface area contributed by atoms with Gasteiger partial charge in [0.1, 0.15) is 11.8 Å². The molecule has 3 aromatic carbocycles. The standard InChI is InChI=1S/C27H26N4O3/c1-3-18-8-12-20(13-9-18)28-25(32)16-24-26(33)30(17-19-10-14-21(34-2)15-11-19)27-29-22-6-4-5-7-23(22)31(24)27/h4-15,24H,3,16-17H2,1-2H3,(H,28,32)/t24-/m0/s1. The summed E-state index contributed by atoms with van der Waals surface area (Å²) < 4.78 is 7.13. The van der Waals surface area contributed by atoms with E-state index in [1.54, 1.807) is 12.0 Å². The molecule has 0 unspecified atom stereocenters. The van der Waals surface area contributed by atoms with Crippen molar-refractivity contribution >= 4 is 34.5 Å². The van der Waals surface area contributed by atoms with E-state index in [1.807, 2.05) is 77.4 Å². The molecule has 0 saturated carbocycles. The highest BCUT2D eigenvalue weighted by molar-refractivity contribution is 6.05. The number of hydrogen-bond acceptors (Lipinski definition) is 4. The minimum atomic E-state index is -0.657. The highest BCUT2D eigenvalue weighted by atomic mass is 16.5. The second-order valence-electron chi connectivity index (χ2n) is 8.36. The summed E-state index contributed by atoms with van der Waals surface area (Å²) in [6, 6.07) is 22.4. The van der Waals surface area contributed by atoms with E-state index in [-0.39, 0.29) is 18.2 Å². The SMILES string of the molecule is CCc1ccc(NC(=O)C[C@H]2C(=O)N(Cc3ccc(OC)cc3)c3nc4ccccc4n32)cc1. The second-order valence-corrected chi connectivity index (χ2v) is 8.36. The molecular formula is C27H26N4O3. The van der Waals surface area contributed by atoms with Gasteiger partial charge in [-0.15, -0.1) is 0 Å². The number of nitrogens with zero attached hydrogens (tertiary/aromatic N) is 3. The lowest BCUT2D eigenvalue weighted by Gasteiger charge is -2.16. The van der Waals surface area contributed by atoms with Gasteiger partial charge in [0, 0.05) is 5.69 Å². The third-order valence-corrected chi connectivity index (χ3v) is 6.21. The molecule has 34 heavy (non-hydrogen) atoms. The van der Waals surface area contributed by atoms with E-state index in [9.17, 15) is 9.59 Å². The Bertz CT molecular complexity index is 1340. The quantitative estimate of drug-likeness (QED) is 0.438. The first-order valence-electron chi connectivity index (χ1n) is 11.4. The van der Waals surface area contributed by atoms with Gasteiger partial charge < -0.3 is 10.1 Å². The van der Waals surface area contributed by atoms with Crippen LogP contribution < -0.4 is 15.0 Å². The molecule has 1 N–H and O–H groups in total. The van der Waals surface area contributed by atoms with Crippen LogP contribution in [-0.4, -0.2) is 28.5 Å². The van der Waals surface area contributed by atoms with Crippen molar-refractivity contribution in [3.05, 3.63) is 83.9 Å². The van der Waals surface area contributed by atoms with Gasteiger partial charge in [-0.1, -0.05) is 43.3 Å². The molecule has 4 aromatic rings. The molecule has 5 rings (SSSR count). The predicted molar refractivity (Wildman–Crippen MR) is 132 cm³/mol. The number of benzene rings is 3. The molecule has 1 atom stereocenters. The number of anilines is 2. The monoisotopic (exact) mass is 454 g/mol. The van der Waals surface area contributed by atoms with Crippen LogP contribution in [0.5, 0.6) is 5.75 Å². The predicted octanol–water partition coefficient (Wildman–Crippen LogP) is 4.72. The molecule has 2 amide bonds. The van der Waals surface area contributed by atoms with Crippen LogP contribution >= 0.6 is 0 Å². The number of imidazole rings is 1. The zero-order chi connectivity index (χ0) is 23.7. The molecule has 7 nitrogen and oxygen atoms in total. The van der Waals surface area contributed by atoms with Gasteiger partial charge in [-0.05, 0) is 53.9 Å². The molecule has 0 saturated heterocycles. The van der Waals surface area contributed by atoms with E-state index in [1.165, 1.54) is 5.56 Å². The van der Waals surface area contributed by atoms with Crippen molar-refractivity contribution in [1.29, 1.82) is 0 Å². The number of amides is 2. The molecular weight excluding hydrogens is 428 g/mol. The number of aromatic nitrogens is 2. The van der Waals surface area contributed by atoms with Gasteiger partial charge in [0.15, 0.2) is 0 Å². The Morgan fingerprint density at radius 1 is 1.00 bits per heavy atom. The van der Waals surface area contributed by atoms with Gasteiger partial charge in [-0.2, -0.15) is 0 Å². The van der Waals surface area contributed by atoms with E-state index < -0.39 is 6.04 Å². The number of aryl methyl sites for hydroxylation is 1. The van der Waals surface area contributed by atoms with Gasteiger partial charge in [0.25, 0.3) is 5.91 Å². The number of carbonyl (C=O) groups is 2. The van der Waals surface area contributed by atoms with E-state index >= 15 is 0 Å². The summed E-state index contributed by atoms with van der Waals surface area (Å²) in [4.78, 5) is 32.9. The lowest BCUT2D eigenvalue weighted by molar-refractivity contribution is -0.124. The zero-order valence-corrected chi connectivity index (χ0v) is 19.2. The fraction of sp³-hybridized carbons (Fsp3) is 0.222. The first-order chi connectivity index (χ1) is 16.6. The second kappa shape index (κ2) is 9.02. The Hall–Kier alpha value is -4.13. The molecule has 0 spiro atoms. The maximum Gasteiger partial charge on any atom is 0.253 e. The summed E-state index contributed by atoms with van der Waals surface area (Å²) in [5, 5.41) is 2.93. The van der Waals surface area contributed by atoms with Crippen LogP contribution in [0, 0.1) is 0 Å². The highest BCUT2D eigenvalue weighted by Crippen LogP contribution is 2.37. The molecule has 172 valence electrons. The Morgan fingerprint density at radius 2 is 1.71 bits per heavy atom. The van der Waals surface area contributed by atoms with E-state index in [4.69, 9.17) is 9.72 Å². The fourth-order valence-electron chi connectivity index (χ4n) is 4.37. The summed E-state index contributed by atoms with van der Waals surface area (Å²) in [5.74, 6) is 0.968. The first-order valence-corrected chi connectivity index (χ1v) is 11.4. The fourth-order valence-corrected chi connectivity index (χ4v) is 4.37. The molecule has 1 aliphatic heterocycles. The van der Waals surface area contributed by atoms with Crippen LogP contribution in [0.1, 0.15) is 30.5 Å². The van der Waals surface area contributed by atoms with Crippen molar-refractivity contribution in [2.24, 2.45) is 0 Å². The van der Waals surface area contributed by atoms with Crippen molar-refractivity contribution in [1.82, 2.24) is 9.55 Å². The molecule has 0 aliphatic carbocycles. The lowest BCUT2D eigenvalue weighted by Crippen LogP contribution is -2.31. The van der Waals surface area contributed by atoms with Crippen LogP contribution in [0.4, 0.5) is 11.6 Å². The molecule has 1 aliphatic rings. The number of carbonyl (C=O) groups excluding carboxylic acids is 2. The highest BCUT2D eigenvalue weighted by Gasteiger charge is 2.40. The van der Waals surface area contributed by atoms with Crippen LogP contribution in [0.15, 0.2) is 72.8 Å². The van der Waals surface area contributed by atoms with Gasteiger partial charge in [0.2, 0.25) is 11.9 Å². The van der Waals surface area contributed by atoms with Crippen LogP contribution in [0.25, 0.3) is 11.0 Å². The van der Waals surface area contributed by atoms with Gasteiger partial charge in [-0.3, -0.25) is 19.1 Å². The normalized spacial score (nSPS) is 14.9. The van der Waals surface area contributed by atoms with Crippen molar-refractivity contribution in [3.8, 4) is 5.75 Å².